The van der Waals surface area contributed by atoms with E-state index in [0.717, 1.165) is 44.9 Å². The lowest BCUT2D eigenvalue weighted by Crippen LogP contribution is -2.25. The van der Waals surface area contributed by atoms with Gasteiger partial charge in [-0.15, -0.1) is 0 Å². The Kier molecular flexibility index (Phi) is 9.70. The van der Waals surface area contributed by atoms with Crippen molar-refractivity contribution in [2.24, 2.45) is 11.8 Å². The Balaban J connectivity index is 1.86. The normalized spacial score (nSPS) is 33.0. The highest BCUT2D eigenvalue weighted by molar-refractivity contribution is 14.1. The molecule has 2 N–H and O–H groups in total. The van der Waals surface area contributed by atoms with E-state index in [2.05, 4.69) is 29.5 Å². The number of halogens is 1. The Morgan fingerprint density at radius 2 is 2.11 bits per heavy atom. The van der Waals surface area contributed by atoms with Gasteiger partial charge in [-0.3, -0.25) is 4.79 Å². The van der Waals surface area contributed by atoms with Gasteiger partial charge in [0.1, 0.15) is 0 Å². The average Bonchev–Trinajstić information content (AvgIpc) is 3.17. The van der Waals surface area contributed by atoms with Crippen molar-refractivity contribution in [2.75, 3.05) is 7.11 Å². The highest BCUT2D eigenvalue weighted by Crippen LogP contribution is 2.46. The van der Waals surface area contributed by atoms with Crippen LogP contribution in [0.4, 0.5) is 0 Å². The van der Waals surface area contributed by atoms with E-state index in [-0.39, 0.29) is 24.1 Å². The SMILES string of the molecule is CCCCCC(C)(O)/C=C/[C@@H]1[C@H]2CC(C(I)CCCC(=O)OC)O[C@H]2C[C@H]1O. The minimum absolute atomic E-state index is 0.0475. The highest BCUT2D eigenvalue weighted by atomic mass is 127. The van der Waals surface area contributed by atoms with Gasteiger partial charge in [-0.2, -0.15) is 0 Å². The Hall–Kier alpha value is -0.180. The van der Waals surface area contributed by atoms with Gasteiger partial charge in [0.15, 0.2) is 0 Å². The molecule has 1 saturated heterocycles. The Morgan fingerprint density at radius 3 is 2.79 bits per heavy atom. The lowest BCUT2D eigenvalue weighted by atomic mass is 9.87. The number of methoxy groups -OCH3 is 1. The number of alkyl halides is 1. The molecule has 0 spiro atoms. The van der Waals surface area contributed by atoms with Gasteiger partial charge >= 0.3 is 5.97 Å². The van der Waals surface area contributed by atoms with Gasteiger partial charge in [0.2, 0.25) is 0 Å². The molecule has 2 fully saturated rings. The molecule has 0 aromatic carbocycles. The molecule has 162 valence electrons. The summed E-state index contributed by atoms with van der Waals surface area (Å²) in [5.74, 6) is 0.194. The highest BCUT2D eigenvalue weighted by Gasteiger charge is 2.49. The molecule has 1 aliphatic heterocycles. The largest absolute Gasteiger partial charge is 0.469 e. The summed E-state index contributed by atoms with van der Waals surface area (Å²) in [5.41, 5.74) is -0.814. The monoisotopic (exact) mass is 508 g/mol. The fourth-order valence-corrected chi connectivity index (χ4v) is 5.39. The van der Waals surface area contributed by atoms with Gasteiger partial charge in [0.05, 0.1) is 31.0 Å². The van der Waals surface area contributed by atoms with Crippen molar-refractivity contribution in [3.63, 3.8) is 0 Å². The summed E-state index contributed by atoms with van der Waals surface area (Å²) < 4.78 is 11.3. The van der Waals surface area contributed by atoms with E-state index in [4.69, 9.17) is 9.47 Å². The zero-order valence-electron chi connectivity index (χ0n) is 17.5. The molecule has 2 rings (SSSR count). The number of hydrogen-bond acceptors (Lipinski definition) is 5. The van der Waals surface area contributed by atoms with E-state index in [9.17, 15) is 15.0 Å². The standard InChI is InChI=1S/C22H37IO5/c1-4-5-6-11-22(2,26)12-10-15-16-13-20(28-19(16)14-18(15)24)17(23)8-7-9-21(25)27-3/h10,12,15-20,24,26H,4-9,11,13-14H2,1-3H3/b12-10+/t15-,16-,17?,18-,19+,20?,22?/m1/s1. The first kappa shape index (κ1) is 24.1. The first-order valence-electron chi connectivity index (χ1n) is 10.7. The van der Waals surface area contributed by atoms with Crippen molar-refractivity contribution >= 4 is 28.6 Å². The average molecular weight is 508 g/mol. The van der Waals surface area contributed by atoms with Crippen molar-refractivity contribution in [2.45, 2.75) is 99.5 Å². The Labute approximate surface area is 183 Å². The Morgan fingerprint density at radius 1 is 1.36 bits per heavy atom. The third kappa shape index (κ3) is 6.96. The molecule has 0 bridgehead atoms. The van der Waals surface area contributed by atoms with E-state index in [1.165, 1.54) is 7.11 Å². The van der Waals surface area contributed by atoms with Crippen molar-refractivity contribution < 1.29 is 24.5 Å². The number of fused-ring (bicyclic) bond motifs is 1. The molecular weight excluding hydrogens is 471 g/mol. The topological polar surface area (TPSA) is 76.0 Å². The number of unbranched alkanes of at least 4 members (excludes halogenated alkanes) is 2. The predicted octanol–water partition coefficient (Wildman–Crippen LogP) is 4.18. The number of carbonyl (C=O) groups excluding carboxylic acids is 1. The van der Waals surface area contributed by atoms with Crippen molar-refractivity contribution in [3.05, 3.63) is 12.2 Å². The van der Waals surface area contributed by atoms with Crippen LogP contribution in [0.3, 0.4) is 0 Å². The van der Waals surface area contributed by atoms with Crippen LogP contribution in [-0.4, -0.2) is 51.1 Å². The number of aliphatic hydroxyl groups excluding tert-OH is 1. The molecule has 1 saturated carbocycles. The second-order valence-corrected chi connectivity index (χ2v) is 10.3. The number of carbonyl (C=O) groups is 1. The maximum Gasteiger partial charge on any atom is 0.305 e. The van der Waals surface area contributed by atoms with Crippen LogP contribution in [0.2, 0.25) is 0 Å². The summed E-state index contributed by atoms with van der Waals surface area (Å²) in [5, 5.41) is 21.1. The van der Waals surface area contributed by atoms with E-state index < -0.39 is 11.7 Å². The quantitative estimate of drug-likeness (QED) is 0.144. The first-order chi connectivity index (χ1) is 13.3. The summed E-state index contributed by atoms with van der Waals surface area (Å²) in [4.78, 5) is 11.3. The van der Waals surface area contributed by atoms with E-state index in [0.29, 0.717) is 22.7 Å². The molecule has 2 aliphatic rings. The van der Waals surface area contributed by atoms with Crippen LogP contribution in [0.15, 0.2) is 12.2 Å². The summed E-state index contributed by atoms with van der Waals surface area (Å²) in [7, 11) is 1.42. The van der Waals surface area contributed by atoms with Crippen molar-refractivity contribution in [1.29, 1.82) is 0 Å². The first-order valence-corrected chi connectivity index (χ1v) is 12.0. The van der Waals surface area contributed by atoms with Crippen LogP contribution in [-0.2, 0) is 14.3 Å². The summed E-state index contributed by atoms with van der Waals surface area (Å²) >= 11 is 2.43. The molecule has 7 atom stereocenters. The molecule has 0 amide bonds. The van der Waals surface area contributed by atoms with Gasteiger partial charge in [0, 0.05) is 22.7 Å². The minimum Gasteiger partial charge on any atom is -0.469 e. The maximum absolute atomic E-state index is 11.3. The molecule has 1 aliphatic carbocycles. The zero-order chi connectivity index (χ0) is 20.7. The molecule has 0 radical (unpaired) electrons. The number of rotatable bonds is 11. The van der Waals surface area contributed by atoms with Crippen LogP contribution < -0.4 is 0 Å². The molecular formula is C22H37IO5. The van der Waals surface area contributed by atoms with Crippen LogP contribution in [0.25, 0.3) is 0 Å². The number of aliphatic hydroxyl groups is 2. The zero-order valence-corrected chi connectivity index (χ0v) is 19.6. The van der Waals surface area contributed by atoms with Gasteiger partial charge in [0.25, 0.3) is 0 Å². The fourth-order valence-electron chi connectivity index (χ4n) is 4.48. The molecule has 5 nitrogen and oxygen atoms in total. The number of esters is 1. The van der Waals surface area contributed by atoms with Crippen molar-refractivity contribution in [1.82, 2.24) is 0 Å². The third-order valence-electron chi connectivity index (χ3n) is 6.20. The lowest BCUT2D eigenvalue weighted by Gasteiger charge is -2.23. The van der Waals surface area contributed by atoms with Gasteiger partial charge < -0.3 is 19.7 Å². The molecule has 1 heterocycles. The lowest BCUT2D eigenvalue weighted by molar-refractivity contribution is -0.140. The van der Waals surface area contributed by atoms with E-state index in [1.54, 1.807) is 0 Å². The molecule has 6 heteroatoms. The predicted molar refractivity (Wildman–Crippen MR) is 118 cm³/mol. The number of ether oxygens (including phenoxy) is 2. The molecule has 3 unspecified atom stereocenters. The van der Waals surface area contributed by atoms with Crippen molar-refractivity contribution in [3.8, 4) is 0 Å². The maximum atomic E-state index is 11.3. The summed E-state index contributed by atoms with van der Waals surface area (Å²) in [6, 6.07) is 0. The minimum atomic E-state index is -0.814. The second-order valence-electron chi connectivity index (χ2n) is 8.65. The number of hydrogen-bond donors (Lipinski definition) is 2. The van der Waals surface area contributed by atoms with Crippen LogP contribution in [0.1, 0.15) is 71.6 Å². The van der Waals surface area contributed by atoms with Gasteiger partial charge in [-0.25, -0.2) is 0 Å². The smallest absolute Gasteiger partial charge is 0.305 e. The van der Waals surface area contributed by atoms with Crippen LogP contribution in [0.5, 0.6) is 0 Å². The fraction of sp³-hybridized carbons (Fsp3) is 0.864. The summed E-state index contributed by atoms with van der Waals surface area (Å²) in [6.07, 6.45) is 11.6. The van der Waals surface area contributed by atoms with Crippen LogP contribution >= 0.6 is 22.6 Å². The molecule has 28 heavy (non-hydrogen) atoms. The molecule has 0 aromatic heterocycles. The Bertz CT molecular complexity index is 521. The van der Waals surface area contributed by atoms with Crippen LogP contribution in [0, 0.1) is 11.8 Å². The second kappa shape index (κ2) is 11.3. The van der Waals surface area contributed by atoms with Gasteiger partial charge in [-0.05, 0) is 38.5 Å². The third-order valence-corrected chi connectivity index (χ3v) is 7.62. The van der Waals surface area contributed by atoms with E-state index in [1.807, 2.05) is 19.1 Å². The molecule has 0 aromatic rings. The van der Waals surface area contributed by atoms with Gasteiger partial charge in [-0.1, -0.05) is 60.9 Å². The summed E-state index contributed by atoms with van der Waals surface area (Å²) in [6.45, 7) is 4.01. The van der Waals surface area contributed by atoms with E-state index >= 15 is 0 Å².